The van der Waals surface area contributed by atoms with Gasteiger partial charge in [0.1, 0.15) is 0 Å². The van der Waals surface area contributed by atoms with Gasteiger partial charge in [-0.2, -0.15) is 8.78 Å². The van der Waals surface area contributed by atoms with Crippen molar-refractivity contribution >= 4 is 11.4 Å². The van der Waals surface area contributed by atoms with E-state index in [0.29, 0.717) is 0 Å². The molecule has 1 aromatic rings. The molecule has 1 aromatic carbocycles. The lowest BCUT2D eigenvalue weighted by molar-refractivity contribution is 0.357. The Bertz CT molecular complexity index is 354. The zero-order chi connectivity index (χ0) is 11.0. The van der Waals surface area contributed by atoms with Gasteiger partial charge < -0.3 is 4.55 Å². The number of hydrogen-bond donors (Lipinski definition) is 1. The van der Waals surface area contributed by atoms with Crippen LogP contribution >= 0.6 is 0 Å². The largest absolute Gasteiger partial charge is 0.593 e. The summed E-state index contributed by atoms with van der Waals surface area (Å²) in [5, 5.41) is 4.54. The Kier molecular flexibility index (Phi) is 2.98. The molecule has 1 unspecified atom stereocenters. The highest BCUT2D eigenvalue weighted by molar-refractivity contribution is 7.89. The Hall–Kier alpha value is -0.860. The van der Waals surface area contributed by atoms with Gasteiger partial charge in [0.05, 0.1) is 11.4 Å². The molecule has 1 rings (SSSR count). The highest BCUT2D eigenvalue weighted by Crippen LogP contribution is 2.25. The maximum Gasteiger partial charge on any atom is 0.251 e. The SMILES string of the molecule is N[S+]([O-])c1c(F)c(F)c(F)c(F)c1F. The molecule has 0 aliphatic rings. The molecule has 0 aromatic heterocycles. The topological polar surface area (TPSA) is 49.1 Å². The van der Waals surface area contributed by atoms with Gasteiger partial charge >= 0.3 is 0 Å². The maximum atomic E-state index is 12.7. The average Bonchev–Trinajstić information content (AvgIpc) is 2.11. The quantitative estimate of drug-likeness (QED) is 0.343. The average molecular weight is 231 g/mol. The molecular formula is C6H2F5NOS. The lowest BCUT2D eigenvalue weighted by Crippen LogP contribution is -2.19. The first kappa shape index (κ1) is 11.2. The monoisotopic (exact) mass is 231 g/mol. The number of hydrogen-bond acceptors (Lipinski definition) is 2. The Balaban J connectivity index is 3.60. The van der Waals surface area contributed by atoms with Crippen LogP contribution in [0.3, 0.4) is 0 Å². The summed E-state index contributed by atoms with van der Waals surface area (Å²) in [6.45, 7) is 0. The summed E-state index contributed by atoms with van der Waals surface area (Å²) >= 11 is -2.78. The molecule has 0 radical (unpaired) electrons. The fourth-order valence-corrected chi connectivity index (χ4v) is 1.29. The molecule has 2 nitrogen and oxygen atoms in total. The van der Waals surface area contributed by atoms with Crippen molar-refractivity contribution in [2.24, 2.45) is 5.14 Å². The summed E-state index contributed by atoms with van der Waals surface area (Å²) in [4.78, 5) is -1.53. The van der Waals surface area contributed by atoms with Crippen LogP contribution in [0.15, 0.2) is 4.90 Å². The van der Waals surface area contributed by atoms with E-state index in [1.165, 1.54) is 0 Å². The molecule has 0 bridgehead atoms. The van der Waals surface area contributed by atoms with Crippen LogP contribution in [0.4, 0.5) is 22.0 Å². The van der Waals surface area contributed by atoms with Crippen LogP contribution in [0.5, 0.6) is 0 Å². The van der Waals surface area contributed by atoms with E-state index in [0.717, 1.165) is 0 Å². The number of halogens is 5. The minimum absolute atomic E-state index is 1.53. The molecule has 8 heteroatoms. The van der Waals surface area contributed by atoms with E-state index in [9.17, 15) is 26.5 Å². The highest BCUT2D eigenvalue weighted by Gasteiger charge is 2.32. The summed E-state index contributed by atoms with van der Waals surface area (Å²) in [6, 6.07) is 0. The minimum atomic E-state index is -2.78. The van der Waals surface area contributed by atoms with Crippen LogP contribution in [0.2, 0.25) is 0 Å². The molecule has 0 fully saturated rings. The van der Waals surface area contributed by atoms with Gasteiger partial charge in [-0.1, -0.05) is 0 Å². The molecule has 78 valence electrons. The van der Waals surface area contributed by atoms with E-state index in [1.807, 2.05) is 0 Å². The van der Waals surface area contributed by atoms with Gasteiger partial charge in [0, 0.05) is 0 Å². The van der Waals surface area contributed by atoms with Crippen molar-refractivity contribution in [2.45, 2.75) is 4.90 Å². The number of benzene rings is 1. The van der Waals surface area contributed by atoms with Gasteiger partial charge in [0.25, 0.3) is 4.90 Å². The van der Waals surface area contributed by atoms with Crippen molar-refractivity contribution in [3.05, 3.63) is 29.1 Å². The molecule has 0 aliphatic heterocycles. The minimum Gasteiger partial charge on any atom is -0.593 e. The van der Waals surface area contributed by atoms with Gasteiger partial charge in [-0.3, -0.25) is 0 Å². The first-order valence-electron chi connectivity index (χ1n) is 3.05. The molecule has 0 saturated heterocycles. The van der Waals surface area contributed by atoms with Crippen LogP contribution in [0, 0.1) is 29.1 Å². The Morgan fingerprint density at radius 2 is 1.07 bits per heavy atom. The Morgan fingerprint density at radius 1 is 0.786 bits per heavy atom. The van der Waals surface area contributed by atoms with E-state index in [-0.39, 0.29) is 0 Å². The van der Waals surface area contributed by atoms with E-state index in [2.05, 4.69) is 5.14 Å². The first-order chi connectivity index (χ1) is 6.37. The second kappa shape index (κ2) is 3.71. The van der Waals surface area contributed by atoms with Crippen molar-refractivity contribution in [1.82, 2.24) is 0 Å². The highest BCUT2D eigenvalue weighted by atomic mass is 32.2. The molecule has 0 heterocycles. The fraction of sp³-hybridized carbons (Fsp3) is 0. The van der Waals surface area contributed by atoms with Crippen LogP contribution < -0.4 is 5.14 Å². The van der Waals surface area contributed by atoms with Gasteiger partial charge in [0.15, 0.2) is 0 Å². The van der Waals surface area contributed by atoms with Crippen molar-refractivity contribution < 1.29 is 26.5 Å². The summed E-state index contributed by atoms with van der Waals surface area (Å²) < 4.78 is 73.0. The van der Waals surface area contributed by atoms with Crippen LogP contribution in [0.1, 0.15) is 0 Å². The third-order valence-electron chi connectivity index (χ3n) is 1.37. The standard InChI is InChI=1S/C6H2F5NOS/c7-1-2(8)4(10)6(14(12)13)5(11)3(1)9/h12H2. The molecule has 14 heavy (non-hydrogen) atoms. The third-order valence-corrected chi connectivity index (χ3v) is 2.13. The zero-order valence-electron chi connectivity index (χ0n) is 6.28. The third kappa shape index (κ3) is 1.56. The normalized spacial score (nSPS) is 13.1. The summed E-state index contributed by atoms with van der Waals surface area (Å²) in [6.07, 6.45) is 0. The van der Waals surface area contributed by atoms with E-state index in [1.54, 1.807) is 0 Å². The van der Waals surface area contributed by atoms with Gasteiger partial charge in [-0.25, -0.2) is 13.2 Å². The summed E-state index contributed by atoms with van der Waals surface area (Å²) in [5.74, 6) is -11.0. The van der Waals surface area contributed by atoms with E-state index < -0.39 is 45.3 Å². The lowest BCUT2D eigenvalue weighted by atomic mass is 10.3. The second-order valence-corrected chi connectivity index (χ2v) is 3.20. The Labute approximate surface area is 77.8 Å². The molecule has 2 N–H and O–H groups in total. The van der Waals surface area contributed by atoms with Crippen LogP contribution in [-0.4, -0.2) is 4.55 Å². The zero-order valence-corrected chi connectivity index (χ0v) is 7.10. The predicted octanol–water partition coefficient (Wildman–Crippen LogP) is 1.36. The number of rotatable bonds is 1. The first-order valence-corrected chi connectivity index (χ1v) is 4.26. The lowest BCUT2D eigenvalue weighted by Gasteiger charge is -2.06. The van der Waals surface area contributed by atoms with E-state index >= 15 is 0 Å². The molecule has 0 aliphatic carbocycles. The van der Waals surface area contributed by atoms with Gasteiger partial charge in [0.2, 0.25) is 29.1 Å². The molecule has 0 saturated carbocycles. The Morgan fingerprint density at radius 3 is 1.36 bits per heavy atom. The smallest absolute Gasteiger partial charge is 0.251 e. The van der Waals surface area contributed by atoms with Gasteiger partial charge in [-0.05, 0) is 0 Å². The van der Waals surface area contributed by atoms with Crippen molar-refractivity contribution in [2.75, 3.05) is 0 Å². The second-order valence-electron chi connectivity index (χ2n) is 2.20. The van der Waals surface area contributed by atoms with Gasteiger partial charge in [-0.15, -0.1) is 5.14 Å². The van der Waals surface area contributed by atoms with E-state index in [4.69, 9.17) is 0 Å². The molecule has 0 spiro atoms. The molecular weight excluding hydrogens is 229 g/mol. The van der Waals surface area contributed by atoms with Crippen molar-refractivity contribution in [1.29, 1.82) is 0 Å². The predicted molar refractivity (Wildman–Crippen MR) is 36.8 cm³/mol. The summed E-state index contributed by atoms with van der Waals surface area (Å²) in [5.41, 5.74) is 0. The molecule has 1 atom stereocenters. The fourth-order valence-electron chi connectivity index (χ4n) is 0.761. The van der Waals surface area contributed by atoms with Crippen molar-refractivity contribution in [3.63, 3.8) is 0 Å². The van der Waals surface area contributed by atoms with Crippen molar-refractivity contribution in [3.8, 4) is 0 Å². The van der Waals surface area contributed by atoms with Crippen LogP contribution in [-0.2, 0) is 11.4 Å². The number of nitrogens with two attached hydrogens (primary N) is 1. The summed E-state index contributed by atoms with van der Waals surface area (Å²) in [7, 11) is 0. The van der Waals surface area contributed by atoms with Crippen LogP contribution in [0.25, 0.3) is 0 Å². The maximum absolute atomic E-state index is 12.7. The molecule has 0 amide bonds.